The van der Waals surface area contributed by atoms with E-state index in [4.69, 9.17) is 4.74 Å². The summed E-state index contributed by atoms with van der Waals surface area (Å²) in [6.07, 6.45) is 0. The van der Waals surface area contributed by atoms with Crippen LogP contribution in [0.2, 0.25) is 0 Å². The maximum atomic E-state index is 11.6. The number of hydrogen-bond donors (Lipinski definition) is 1. The van der Waals surface area contributed by atoms with E-state index in [-0.39, 0.29) is 6.54 Å². The normalized spacial score (nSPS) is 11.6. The van der Waals surface area contributed by atoms with Crippen LogP contribution in [0, 0.1) is 6.92 Å². The van der Waals surface area contributed by atoms with Crippen molar-refractivity contribution in [1.29, 1.82) is 0 Å². The van der Waals surface area contributed by atoms with Crippen molar-refractivity contribution < 1.29 is 14.6 Å². The molecular weight excluding hydrogens is 208 g/mol. The molecule has 16 heavy (non-hydrogen) atoms. The van der Waals surface area contributed by atoms with Gasteiger partial charge in [0.25, 0.3) is 0 Å². The van der Waals surface area contributed by atoms with E-state index in [9.17, 15) is 9.90 Å². The summed E-state index contributed by atoms with van der Waals surface area (Å²) < 4.78 is 6.39. The quantitative estimate of drug-likeness (QED) is 0.782. The van der Waals surface area contributed by atoms with Crippen LogP contribution < -0.4 is 0 Å². The van der Waals surface area contributed by atoms with Crippen molar-refractivity contribution in [3.63, 3.8) is 0 Å². The molecule has 1 rings (SSSR count). The number of ether oxygens (including phenoxy) is 1. The van der Waals surface area contributed by atoms with Crippen molar-refractivity contribution in [2.45, 2.75) is 39.8 Å². The summed E-state index contributed by atoms with van der Waals surface area (Å²) in [5.41, 5.74) is 0.188. The van der Waals surface area contributed by atoms with Gasteiger partial charge < -0.3 is 9.84 Å². The molecular formula is C11H18N2O3. The summed E-state index contributed by atoms with van der Waals surface area (Å²) in [7, 11) is 0. The molecule has 0 amide bonds. The molecule has 0 atom stereocenters. The number of aliphatic hydroxyl groups is 1. The lowest BCUT2D eigenvalue weighted by molar-refractivity contribution is 0.0452. The molecule has 1 N–H and O–H groups in total. The van der Waals surface area contributed by atoms with Crippen molar-refractivity contribution in [1.82, 2.24) is 9.78 Å². The number of aryl methyl sites for hydroxylation is 1. The third kappa shape index (κ3) is 3.34. The zero-order valence-electron chi connectivity index (χ0n) is 10.1. The number of aromatic nitrogens is 2. The van der Waals surface area contributed by atoms with Crippen LogP contribution in [0.5, 0.6) is 0 Å². The van der Waals surface area contributed by atoms with Gasteiger partial charge >= 0.3 is 5.97 Å². The summed E-state index contributed by atoms with van der Waals surface area (Å²) in [4.78, 5) is 11.6. The Morgan fingerprint density at radius 3 is 2.75 bits per heavy atom. The third-order valence-electron chi connectivity index (χ3n) is 1.92. The van der Waals surface area contributed by atoms with Gasteiger partial charge in [0.2, 0.25) is 0 Å². The first-order valence-corrected chi connectivity index (χ1v) is 5.27. The highest BCUT2D eigenvalue weighted by atomic mass is 16.5. The average Bonchev–Trinajstić information content (AvgIpc) is 2.44. The zero-order chi connectivity index (χ0) is 12.3. The van der Waals surface area contributed by atoms with Gasteiger partial charge in [-0.25, -0.2) is 4.79 Å². The minimum Gasteiger partial charge on any atom is -0.461 e. The van der Waals surface area contributed by atoms with Crippen LogP contribution in [0.3, 0.4) is 0 Å². The Morgan fingerprint density at radius 2 is 2.25 bits per heavy atom. The Bertz CT molecular complexity index is 377. The van der Waals surface area contributed by atoms with Crippen molar-refractivity contribution >= 4 is 5.97 Å². The van der Waals surface area contributed by atoms with Gasteiger partial charge in [-0.3, -0.25) is 4.68 Å². The Hall–Kier alpha value is -1.36. The van der Waals surface area contributed by atoms with Crippen LogP contribution in [0.1, 0.15) is 37.0 Å². The SMILES string of the molecule is CCOC(=O)c1cc(C)nn1CC(C)(C)O. The molecule has 1 heterocycles. The molecule has 1 aromatic rings. The number of carbonyl (C=O) groups excluding carboxylic acids is 1. The first kappa shape index (κ1) is 12.7. The van der Waals surface area contributed by atoms with E-state index in [1.54, 1.807) is 33.8 Å². The number of esters is 1. The molecule has 0 aliphatic rings. The van der Waals surface area contributed by atoms with Gasteiger partial charge in [-0.05, 0) is 33.8 Å². The highest BCUT2D eigenvalue weighted by Crippen LogP contribution is 2.11. The van der Waals surface area contributed by atoms with Gasteiger partial charge in [0.1, 0.15) is 5.69 Å². The molecule has 0 bridgehead atoms. The summed E-state index contributed by atoms with van der Waals surface area (Å²) >= 11 is 0. The first-order chi connectivity index (χ1) is 7.33. The number of carbonyl (C=O) groups is 1. The predicted molar refractivity (Wildman–Crippen MR) is 59.2 cm³/mol. The molecule has 90 valence electrons. The number of nitrogens with zero attached hydrogens (tertiary/aromatic N) is 2. The van der Waals surface area contributed by atoms with E-state index in [0.717, 1.165) is 5.69 Å². The van der Waals surface area contributed by atoms with Crippen molar-refractivity contribution in [2.75, 3.05) is 6.61 Å². The van der Waals surface area contributed by atoms with E-state index in [1.807, 2.05) is 0 Å². The lowest BCUT2D eigenvalue weighted by Crippen LogP contribution is -2.29. The summed E-state index contributed by atoms with van der Waals surface area (Å²) in [5.74, 6) is -0.410. The van der Waals surface area contributed by atoms with Crippen LogP contribution >= 0.6 is 0 Å². The second-order valence-electron chi connectivity index (χ2n) is 4.36. The fourth-order valence-electron chi connectivity index (χ4n) is 1.40. The number of rotatable bonds is 4. The molecule has 0 aliphatic heterocycles. The third-order valence-corrected chi connectivity index (χ3v) is 1.92. The van der Waals surface area contributed by atoms with E-state index < -0.39 is 11.6 Å². The topological polar surface area (TPSA) is 64.3 Å². The van der Waals surface area contributed by atoms with E-state index >= 15 is 0 Å². The molecule has 5 nitrogen and oxygen atoms in total. The first-order valence-electron chi connectivity index (χ1n) is 5.27. The largest absolute Gasteiger partial charge is 0.461 e. The lowest BCUT2D eigenvalue weighted by Gasteiger charge is -2.18. The molecule has 0 aromatic carbocycles. The maximum absolute atomic E-state index is 11.6. The van der Waals surface area contributed by atoms with Gasteiger partial charge in [-0.2, -0.15) is 5.10 Å². The van der Waals surface area contributed by atoms with Crippen molar-refractivity contribution in [3.8, 4) is 0 Å². The number of hydrogen-bond acceptors (Lipinski definition) is 4. The molecule has 5 heteroatoms. The molecule has 0 saturated heterocycles. The Kier molecular flexibility index (Phi) is 3.70. The smallest absolute Gasteiger partial charge is 0.356 e. The lowest BCUT2D eigenvalue weighted by atomic mass is 10.1. The fraction of sp³-hybridized carbons (Fsp3) is 0.636. The highest BCUT2D eigenvalue weighted by Gasteiger charge is 2.20. The monoisotopic (exact) mass is 226 g/mol. The predicted octanol–water partition coefficient (Wildman–Crippen LogP) is 1.14. The Balaban J connectivity index is 2.96. The summed E-state index contributed by atoms with van der Waals surface area (Å²) in [6.45, 7) is 7.46. The maximum Gasteiger partial charge on any atom is 0.356 e. The minimum atomic E-state index is -0.917. The summed E-state index contributed by atoms with van der Waals surface area (Å²) in [5, 5.41) is 13.9. The fourth-order valence-corrected chi connectivity index (χ4v) is 1.40. The molecule has 0 saturated carbocycles. The van der Waals surface area contributed by atoms with Gasteiger partial charge in [-0.1, -0.05) is 0 Å². The van der Waals surface area contributed by atoms with Crippen LogP contribution in [-0.2, 0) is 11.3 Å². The molecule has 0 radical (unpaired) electrons. The highest BCUT2D eigenvalue weighted by molar-refractivity contribution is 5.87. The standard InChI is InChI=1S/C11H18N2O3/c1-5-16-10(14)9-6-8(2)12-13(9)7-11(3,4)15/h6,15H,5,7H2,1-4H3. The van der Waals surface area contributed by atoms with Gasteiger partial charge in [0.05, 0.1) is 24.4 Å². The molecule has 0 fully saturated rings. The van der Waals surface area contributed by atoms with Crippen molar-refractivity contribution in [2.24, 2.45) is 0 Å². The average molecular weight is 226 g/mol. The Labute approximate surface area is 95.0 Å². The minimum absolute atomic E-state index is 0.259. The van der Waals surface area contributed by atoms with Crippen molar-refractivity contribution in [3.05, 3.63) is 17.5 Å². The van der Waals surface area contributed by atoms with E-state index in [1.165, 1.54) is 4.68 Å². The summed E-state index contributed by atoms with van der Waals surface area (Å²) in [6, 6.07) is 1.66. The molecule has 0 spiro atoms. The van der Waals surface area contributed by atoms with Crippen LogP contribution in [0.25, 0.3) is 0 Å². The van der Waals surface area contributed by atoms with E-state index in [2.05, 4.69) is 5.10 Å². The van der Waals surface area contributed by atoms with Gasteiger partial charge in [-0.15, -0.1) is 0 Å². The van der Waals surface area contributed by atoms with Crippen LogP contribution in [0.4, 0.5) is 0 Å². The van der Waals surface area contributed by atoms with Gasteiger partial charge in [0.15, 0.2) is 0 Å². The zero-order valence-corrected chi connectivity index (χ0v) is 10.1. The molecule has 0 aliphatic carbocycles. The molecule has 0 unspecified atom stereocenters. The Morgan fingerprint density at radius 1 is 1.62 bits per heavy atom. The van der Waals surface area contributed by atoms with Crippen LogP contribution in [0.15, 0.2) is 6.07 Å². The molecule has 1 aromatic heterocycles. The van der Waals surface area contributed by atoms with Gasteiger partial charge in [0, 0.05) is 0 Å². The second-order valence-corrected chi connectivity index (χ2v) is 4.36. The van der Waals surface area contributed by atoms with Crippen LogP contribution in [-0.4, -0.2) is 33.1 Å². The second kappa shape index (κ2) is 4.65. The van der Waals surface area contributed by atoms with E-state index in [0.29, 0.717) is 12.3 Å².